The minimum Gasteiger partial charge on any atom is -0.493 e. The van der Waals surface area contributed by atoms with Crippen LogP contribution < -0.4 is 20.1 Å². The van der Waals surface area contributed by atoms with Gasteiger partial charge in [-0.1, -0.05) is 18.2 Å². The number of aromatic nitrogens is 2. The summed E-state index contributed by atoms with van der Waals surface area (Å²) in [4.78, 5) is 9.10. The fourth-order valence-corrected chi connectivity index (χ4v) is 2.70. The van der Waals surface area contributed by atoms with E-state index in [1.807, 2.05) is 49.5 Å². The Morgan fingerprint density at radius 1 is 0.960 bits per heavy atom. The van der Waals surface area contributed by atoms with Crippen LogP contribution in [0.15, 0.2) is 42.5 Å². The maximum Gasteiger partial charge on any atom is 0.225 e. The molecule has 3 aromatic rings. The summed E-state index contributed by atoms with van der Waals surface area (Å²) in [5.41, 5.74) is 2.07. The molecule has 6 heteroatoms. The molecule has 0 fully saturated rings. The quantitative estimate of drug-likeness (QED) is 0.689. The molecule has 0 unspecified atom stereocenters. The molecule has 0 atom stereocenters. The van der Waals surface area contributed by atoms with E-state index in [9.17, 15) is 0 Å². The van der Waals surface area contributed by atoms with Gasteiger partial charge in [0, 0.05) is 19.0 Å². The van der Waals surface area contributed by atoms with Crippen molar-refractivity contribution in [2.45, 2.75) is 6.42 Å². The van der Waals surface area contributed by atoms with E-state index in [4.69, 9.17) is 9.47 Å². The molecule has 3 rings (SSSR count). The summed E-state index contributed by atoms with van der Waals surface area (Å²) >= 11 is 0. The van der Waals surface area contributed by atoms with Crippen molar-refractivity contribution >= 4 is 22.7 Å². The van der Waals surface area contributed by atoms with E-state index >= 15 is 0 Å². The highest BCUT2D eigenvalue weighted by Gasteiger charge is 2.07. The minimum atomic E-state index is 0.614. The second-order valence-corrected chi connectivity index (χ2v) is 5.53. The van der Waals surface area contributed by atoms with Gasteiger partial charge in [0.15, 0.2) is 11.5 Å². The van der Waals surface area contributed by atoms with Crippen molar-refractivity contribution < 1.29 is 9.47 Å². The molecule has 1 aromatic heterocycles. The normalized spacial score (nSPS) is 10.5. The molecular formula is C19H22N4O2. The van der Waals surface area contributed by atoms with Crippen molar-refractivity contribution in [1.29, 1.82) is 0 Å². The lowest BCUT2D eigenvalue weighted by Gasteiger charge is -2.11. The second kappa shape index (κ2) is 7.70. The summed E-state index contributed by atoms with van der Waals surface area (Å²) in [7, 11) is 5.14. The van der Waals surface area contributed by atoms with Crippen LogP contribution >= 0.6 is 0 Å². The van der Waals surface area contributed by atoms with Crippen LogP contribution in [0.2, 0.25) is 0 Å². The molecule has 0 aliphatic heterocycles. The second-order valence-electron chi connectivity index (χ2n) is 5.53. The Hall–Kier alpha value is -3.02. The number of nitrogens with one attached hydrogen (secondary N) is 2. The molecule has 0 aliphatic rings. The number of anilines is 2. The number of hydrogen-bond acceptors (Lipinski definition) is 6. The lowest BCUT2D eigenvalue weighted by atomic mass is 10.1. The number of hydrogen-bond donors (Lipinski definition) is 2. The maximum atomic E-state index is 5.34. The molecule has 0 spiro atoms. The van der Waals surface area contributed by atoms with Crippen LogP contribution in [0.5, 0.6) is 11.5 Å². The highest BCUT2D eigenvalue weighted by atomic mass is 16.5. The molecule has 25 heavy (non-hydrogen) atoms. The zero-order chi connectivity index (χ0) is 17.6. The van der Waals surface area contributed by atoms with E-state index in [1.165, 1.54) is 0 Å². The lowest BCUT2D eigenvalue weighted by Crippen LogP contribution is -2.09. The molecule has 0 saturated heterocycles. The van der Waals surface area contributed by atoms with Crippen LogP contribution in [0, 0.1) is 0 Å². The van der Waals surface area contributed by atoms with Gasteiger partial charge in [0.1, 0.15) is 5.82 Å². The SMILES string of the molecule is CNc1nc(NCCc2ccc(OC)c(OC)c2)nc2ccccc12. The van der Waals surface area contributed by atoms with Crippen LogP contribution in [0.3, 0.4) is 0 Å². The van der Waals surface area contributed by atoms with Crippen molar-refractivity contribution in [2.75, 3.05) is 38.4 Å². The van der Waals surface area contributed by atoms with Crippen molar-refractivity contribution in [3.8, 4) is 11.5 Å². The largest absolute Gasteiger partial charge is 0.493 e. The number of rotatable bonds is 7. The Kier molecular flexibility index (Phi) is 5.18. The Bertz CT molecular complexity index is 867. The Balaban J connectivity index is 1.71. The first-order chi connectivity index (χ1) is 12.2. The Labute approximate surface area is 147 Å². The van der Waals surface area contributed by atoms with Gasteiger partial charge in [0.2, 0.25) is 5.95 Å². The Morgan fingerprint density at radius 3 is 2.52 bits per heavy atom. The van der Waals surface area contributed by atoms with Crippen LogP contribution in [0.25, 0.3) is 10.9 Å². The number of nitrogens with zero attached hydrogens (tertiary/aromatic N) is 2. The van der Waals surface area contributed by atoms with Crippen molar-refractivity contribution in [2.24, 2.45) is 0 Å². The van der Waals surface area contributed by atoms with Gasteiger partial charge in [0.05, 0.1) is 19.7 Å². The van der Waals surface area contributed by atoms with Crippen LogP contribution in [-0.2, 0) is 6.42 Å². The van der Waals surface area contributed by atoms with Gasteiger partial charge in [0.25, 0.3) is 0 Å². The summed E-state index contributed by atoms with van der Waals surface area (Å²) < 4.78 is 10.6. The summed E-state index contributed by atoms with van der Waals surface area (Å²) in [5, 5.41) is 7.43. The van der Waals surface area contributed by atoms with Crippen LogP contribution in [-0.4, -0.2) is 37.8 Å². The molecule has 6 nitrogen and oxygen atoms in total. The van der Waals surface area contributed by atoms with E-state index in [1.54, 1.807) is 14.2 Å². The summed E-state index contributed by atoms with van der Waals surface area (Å²) in [6.07, 6.45) is 0.825. The van der Waals surface area contributed by atoms with Crippen molar-refractivity contribution in [3.05, 3.63) is 48.0 Å². The molecular weight excluding hydrogens is 316 g/mol. The molecule has 1 heterocycles. The molecule has 0 saturated carbocycles. The number of methoxy groups -OCH3 is 2. The molecule has 0 bridgehead atoms. The number of ether oxygens (including phenoxy) is 2. The maximum absolute atomic E-state index is 5.34. The zero-order valence-corrected chi connectivity index (χ0v) is 14.7. The van der Waals surface area contributed by atoms with E-state index in [0.717, 1.165) is 46.7 Å². The van der Waals surface area contributed by atoms with E-state index in [-0.39, 0.29) is 0 Å². The average molecular weight is 338 g/mol. The minimum absolute atomic E-state index is 0.614. The monoisotopic (exact) mass is 338 g/mol. The van der Waals surface area contributed by atoms with E-state index in [2.05, 4.69) is 20.6 Å². The lowest BCUT2D eigenvalue weighted by molar-refractivity contribution is 0.354. The van der Waals surface area contributed by atoms with Gasteiger partial charge in [-0.2, -0.15) is 4.98 Å². The van der Waals surface area contributed by atoms with Crippen LogP contribution in [0.4, 0.5) is 11.8 Å². The van der Waals surface area contributed by atoms with Crippen molar-refractivity contribution in [1.82, 2.24) is 9.97 Å². The topological polar surface area (TPSA) is 68.3 Å². The van der Waals surface area contributed by atoms with E-state index < -0.39 is 0 Å². The summed E-state index contributed by atoms with van der Waals surface area (Å²) in [6.45, 7) is 0.719. The third-order valence-electron chi connectivity index (χ3n) is 3.98. The smallest absolute Gasteiger partial charge is 0.225 e. The zero-order valence-electron chi connectivity index (χ0n) is 14.7. The summed E-state index contributed by atoms with van der Waals surface area (Å²) in [5.74, 6) is 2.90. The summed E-state index contributed by atoms with van der Waals surface area (Å²) in [6, 6.07) is 13.9. The first-order valence-electron chi connectivity index (χ1n) is 8.14. The Morgan fingerprint density at radius 2 is 1.76 bits per heavy atom. The molecule has 0 aliphatic carbocycles. The highest BCUT2D eigenvalue weighted by Crippen LogP contribution is 2.27. The highest BCUT2D eigenvalue weighted by molar-refractivity contribution is 5.89. The van der Waals surface area contributed by atoms with E-state index in [0.29, 0.717) is 5.95 Å². The number of para-hydroxylation sites is 1. The molecule has 2 N–H and O–H groups in total. The molecule has 0 radical (unpaired) electrons. The molecule has 2 aromatic carbocycles. The fourth-order valence-electron chi connectivity index (χ4n) is 2.70. The third kappa shape index (κ3) is 3.74. The standard InChI is InChI=1S/C19H22N4O2/c1-20-18-14-6-4-5-7-15(14)22-19(23-18)21-11-10-13-8-9-16(24-2)17(12-13)25-3/h4-9,12H,10-11H2,1-3H3,(H2,20,21,22,23). The number of fused-ring (bicyclic) bond motifs is 1. The predicted molar refractivity (Wildman–Crippen MR) is 101 cm³/mol. The van der Waals surface area contributed by atoms with Crippen molar-refractivity contribution in [3.63, 3.8) is 0 Å². The van der Waals surface area contributed by atoms with Gasteiger partial charge < -0.3 is 20.1 Å². The first kappa shape index (κ1) is 16.8. The average Bonchev–Trinajstić information content (AvgIpc) is 2.67. The van der Waals surface area contributed by atoms with Gasteiger partial charge in [-0.3, -0.25) is 0 Å². The van der Waals surface area contributed by atoms with Gasteiger partial charge in [-0.25, -0.2) is 4.98 Å². The predicted octanol–water partition coefficient (Wildman–Crippen LogP) is 3.34. The van der Waals surface area contributed by atoms with Gasteiger partial charge >= 0.3 is 0 Å². The molecule has 0 amide bonds. The van der Waals surface area contributed by atoms with Gasteiger partial charge in [-0.15, -0.1) is 0 Å². The molecule has 130 valence electrons. The third-order valence-corrected chi connectivity index (χ3v) is 3.98. The fraction of sp³-hybridized carbons (Fsp3) is 0.263. The number of benzene rings is 2. The first-order valence-corrected chi connectivity index (χ1v) is 8.14. The van der Waals surface area contributed by atoms with Crippen LogP contribution in [0.1, 0.15) is 5.56 Å². The van der Waals surface area contributed by atoms with Gasteiger partial charge in [-0.05, 0) is 36.2 Å².